The maximum absolute atomic E-state index is 13.0. The Hall–Kier alpha value is -1.62. The van der Waals surface area contributed by atoms with Crippen LogP contribution < -0.4 is 11.1 Å². The zero-order chi connectivity index (χ0) is 12.8. The van der Waals surface area contributed by atoms with E-state index < -0.39 is 0 Å². The monoisotopic (exact) mass is 240 g/mol. The minimum Gasteiger partial charge on any atom is -0.508 e. The first-order valence-corrected chi connectivity index (χ1v) is 5.51. The maximum atomic E-state index is 13.0. The second-order valence-corrected chi connectivity index (χ2v) is 3.95. The largest absolute Gasteiger partial charge is 0.508 e. The molecule has 1 unspecified atom stereocenters. The van der Waals surface area contributed by atoms with Crippen molar-refractivity contribution in [3.63, 3.8) is 0 Å². The summed E-state index contributed by atoms with van der Waals surface area (Å²) in [6.07, 6.45) is 0.935. The fourth-order valence-corrected chi connectivity index (χ4v) is 1.56. The van der Waals surface area contributed by atoms with Crippen LogP contribution in [0.5, 0.6) is 5.75 Å². The second-order valence-electron chi connectivity index (χ2n) is 3.95. The predicted octanol–water partition coefficient (Wildman–Crippen LogP) is 1.45. The van der Waals surface area contributed by atoms with Gasteiger partial charge in [-0.15, -0.1) is 0 Å². The van der Waals surface area contributed by atoms with Crippen LogP contribution in [0.1, 0.15) is 31.4 Å². The van der Waals surface area contributed by atoms with Gasteiger partial charge in [0, 0.05) is 18.0 Å². The number of nitrogens with two attached hydrogens (primary N) is 1. The summed E-state index contributed by atoms with van der Waals surface area (Å²) in [4.78, 5) is 10.5. The van der Waals surface area contributed by atoms with E-state index in [9.17, 15) is 14.3 Å². The third-order valence-corrected chi connectivity index (χ3v) is 2.51. The summed E-state index contributed by atoms with van der Waals surface area (Å²) >= 11 is 0. The van der Waals surface area contributed by atoms with Crippen molar-refractivity contribution in [3.8, 4) is 5.75 Å². The molecule has 0 aliphatic carbocycles. The predicted molar refractivity (Wildman–Crippen MR) is 62.9 cm³/mol. The van der Waals surface area contributed by atoms with Crippen molar-refractivity contribution in [1.82, 2.24) is 5.32 Å². The molecule has 0 aliphatic rings. The summed E-state index contributed by atoms with van der Waals surface area (Å²) in [6, 6.07) is 3.64. The molecule has 1 atom stereocenters. The first-order chi connectivity index (χ1) is 8.00. The molecule has 0 spiro atoms. The lowest BCUT2D eigenvalue weighted by molar-refractivity contribution is -0.118. The molecule has 0 aliphatic heterocycles. The molecule has 1 aromatic rings. The first-order valence-electron chi connectivity index (χ1n) is 5.51. The molecule has 0 aromatic heterocycles. The number of nitrogens with one attached hydrogen (secondary N) is 1. The van der Waals surface area contributed by atoms with Crippen molar-refractivity contribution in [2.75, 3.05) is 6.54 Å². The first kappa shape index (κ1) is 13.4. The average molecular weight is 240 g/mol. The number of aromatic hydroxyl groups is 1. The zero-order valence-corrected chi connectivity index (χ0v) is 9.74. The molecule has 17 heavy (non-hydrogen) atoms. The molecule has 4 nitrogen and oxygen atoms in total. The molecule has 0 bridgehead atoms. The fourth-order valence-electron chi connectivity index (χ4n) is 1.56. The van der Waals surface area contributed by atoms with Crippen molar-refractivity contribution in [1.29, 1.82) is 0 Å². The van der Waals surface area contributed by atoms with Gasteiger partial charge in [-0.25, -0.2) is 4.39 Å². The number of benzene rings is 1. The van der Waals surface area contributed by atoms with Gasteiger partial charge in [0.2, 0.25) is 5.91 Å². The Kier molecular flexibility index (Phi) is 4.90. The van der Waals surface area contributed by atoms with Crippen LogP contribution in [0.25, 0.3) is 0 Å². The normalized spacial score (nSPS) is 12.4. The number of rotatable bonds is 6. The lowest BCUT2D eigenvalue weighted by Crippen LogP contribution is -2.21. The van der Waals surface area contributed by atoms with Gasteiger partial charge in [0.25, 0.3) is 0 Å². The molecule has 0 saturated carbocycles. The van der Waals surface area contributed by atoms with Gasteiger partial charge in [-0.3, -0.25) is 4.79 Å². The number of halogens is 1. The number of carbonyl (C=O) groups is 1. The highest BCUT2D eigenvalue weighted by Gasteiger charge is 2.10. The highest BCUT2D eigenvalue weighted by Crippen LogP contribution is 2.24. The van der Waals surface area contributed by atoms with Crippen LogP contribution in [0.3, 0.4) is 0 Å². The van der Waals surface area contributed by atoms with Gasteiger partial charge in [-0.1, -0.05) is 0 Å². The molecule has 0 saturated heterocycles. The quantitative estimate of drug-likeness (QED) is 0.659. The molecule has 1 rings (SSSR count). The minimum atomic E-state index is -0.386. The van der Waals surface area contributed by atoms with Crippen LogP contribution in [0.15, 0.2) is 18.2 Å². The topological polar surface area (TPSA) is 75.3 Å². The number of hydrogen-bond donors (Lipinski definition) is 3. The summed E-state index contributed by atoms with van der Waals surface area (Å²) in [6.45, 7) is 2.40. The van der Waals surface area contributed by atoms with Crippen LogP contribution in [-0.2, 0) is 4.79 Å². The van der Waals surface area contributed by atoms with Crippen LogP contribution in [0, 0.1) is 5.82 Å². The molecule has 4 N–H and O–H groups in total. The van der Waals surface area contributed by atoms with E-state index in [2.05, 4.69) is 5.32 Å². The van der Waals surface area contributed by atoms with Gasteiger partial charge < -0.3 is 16.2 Å². The van der Waals surface area contributed by atoms with E-state index in [1.54, 1.807) is 0 Å². The number of amides is 1. The van der Waals surface area contributed by atoms with Gasteiger partial charge in [0.05, 0.1) is 0 Å². The Labute approximate surface area is 99.6 Å². The van der Waals surface area contributed by atoms with E-state index in [-0.39, 0.29) is 23.5 Å². The Balaban J connectivity index is 2.49. The highest BCUT2D eigenvalue weighted by molar-refractivity contribution is 5.73. The molecule has 0 radical (unpaired) electrons. The van der Waals surface area contributed by atoms with Crippen LogP contribution in [-0.4, -0.2) is 17.6 Å². The summed E-state index contributed by atoms with van der Waals surface area (Å²) in [7, 11) is 0. The Morgan fingerprint density at radius 2 is 2.29 bits per heavy atom. The molecule has 5 heteroatoms. The van der Waals surface area contributed by atoms with Gasteiger partial charge >= 0.3 is 0 Å². The Morgan fingerprint density at radius 3 is 2.94 bits per heavy atom. The third-order valence-electron chi connectivity index (χ3n) is 2.51. The molecule has 1 amide bonds. The van der Waals surface area contributed by atoms with Gasteiger partial charge in [0.1, 0.15) is 11.6 Å². The summed E-state index contributed by atoms with van der Waals surface area (Å²) in [5.41, 5.74) is 5.51. The fraction of sp³-hybridized carbons (Fsp3) is 0.417. The number of carbonyl (C=O) groups excluding carboxylic acids is 1. The molecular formula is C12H17FN2O2. The molecule has 0 fully saturated rings. The van der Waals surface area contributed by atoms with Crippen molar-refractivity contribution in [3.05, 3.63) is 29.6 Å². The summed E-state index contributed by atoms with van der Waals surface area (Å²) in [5, 5.41) is 12.7. The second kappa shape index (κ2) is 6.20. The number of phenolic OH excluding ortho intramolecular Hbond substituents is 1. The van der Waals surface area contributed by atoms with Gasteiger partial charge in [0.15, 0.2) is 0 Å². The van der Waals surface area contributed by atoms with Crippen LogP contribution in [0.4, 0.5) is 4.39 Å². The van der Waals surface area contributed by atoms with Crippen LogP contribution >= 0.6 is 0 Å². The lowest BCUT2D eigenvalue weighted by atomic mass is 10.1. The van der Waals surface area contributed by atoms with Crippen molar-refractivity contribution in [2.45, 2.75) is 25.8 Å². The molecular weight excluding hydrogens is 223 g/mol. The van der Waals surface area contributed by atoms with Gasteiger partial charge in [-0.2, -0.15) is 0 Å². The summed E-state index contributed by atoms with van der Waals surface area (Å²) < 4.78 is 13.0. The molecule has 1 aromatic carbocycles. The minimum absolute atomic E-state index is 0.0568. The van der Waals surface area contributed by atoms with Gasteiger partial charge in [-0.05, 0) is 38.1 Å². The zero-order valence-electron chi connectivity index (χ0n) is 9.74. The average Bonchev–Trinajstić information content (AvgIpc) is 2.27. The standard InChI is InChI=1S/C12H17FN2O2/c1-8(15-6-2-3-12(14)17)10-7-9(13)4-5-11(10)16/h4-5,7-8,15-16H,2-3,6H2,1H3,(H2,14,17). The van der Waals surface area contributed by atoms with E-state index in [0.717, 1.165) is 0 Å². The number of hydrogen-bond acceptors (Lipinski definition) is 3. The van der Waals surface area contributed by atoms with E-state index >= 15 is 0 Å². The van der Waals surface area contributed by atoms with Crippen molar-refractivity contribution in [2.24, 2.45) is 5.73 Å². The third kappa shape index (κ3) is 4.40. The maximum Gasteiger partial charge on any atom is 0.217 e. The van der Waals surface area contributed by atoms with E-state index in [1.165, 1.54) is 18.2 Å². The molecule has 94 valence electrons. The smallest absolute Gasteiger partial charge is 0.217 e. The number of primary amides is 1. The Morgan fingerprint density at radius 1 is 1.59 bits per heavy atom. The highest BCUT2D eigenvalue weighted by atomic mass is 19.1. The van der Waals surface area contributed by atoms with Crippen LogP contribution in [0.2, 0.25) is 0 Å². The lowest BCUT2D eigenvalue weighted by Gasteiger charge is -2.15. The van der Waals surface area contributed by atoms with Crippen molar-refractivity contribution >= 4 is 5.91 Å². The van der Waals surface area contributed by atoms with E-state index in [1.807, 2.05) is 6.92 Å². The van der Waals surface area contributed by atoms with E-state index in [0.29, 0.717) is 24.9 Å². The van der Waals surface area contributed by atoms with E-state index in [4.69, 9.17) is 5.73 Å². The SMILES string of the molecule is CC(NCCCC(N)=O)c1cc(F)ccc1O. The number of phenols is 1. The Bertz CT molecular complexity index is 396. The summed E-state index contributed by atoms with van der Waals surface area (Å²) in [5.74, 6) is -0.669. The molecule has 0 heterocycles. The van der Waals surface area contributed by atoms with Crippen molar-refractivity contribution < 1.29 is 14.3 Å².